The third kappa shape index (κ3) is 4.01. The summed E-state index contributed by atoms with van der Waals surface area (Å²) >= 11 is 0. The number of aliphatic imine (C=N–C) groups is 1. The molecule has 1 fully saturated rings. The number of nitrogens with zero attached hydrogens (tertiary/aromatic N) is 1. The zero-order valence-electron chi connectivity index (χ0n) is 12.4. The van der Waals surface area contributed by atoms with E-state index in [-0.39, 0.29) is 41.6 Å². The Bertz CT molecular complexity index is 714. The molecule has 1 amide bonds. The minimum atomic E-state index is -3.55. The van der Waals surface area contributed by atoms with Crippen molar-refractivity contribution >= 4 is 34.2 Å². The van der Waals surface area contributed by atoms with E-state index in [9.17, 15) is 13.2 Å². The second-order valence-electron chi connectivity index (χ2n) is 5.38. The Morgan fingerprint density at radius 3 is 2.87 bits per heavy atom. The van der Waals surface area contributed by atoms with Gasteiger partial charge in [0.1, 0.15) is 12.4 Å². The second kappa shape index (κ2) is 7.29. The van der Waals surface area contributed by atoms with Crippen LogP contribution in [0.2, 0.25) is 0 Å². The van der Waals surface area contributed by atoms with E-state index in [0.717, 1.165) is 25.9 Å². The van der Waals surface area contributed by atoms with E-state index in [4.69, 9.17) is 0 Å². The fourth-order valence-electron chi connectivity index (χ4n) is 2.65. The first-order valence-corrected chi connectivity index (χ1v) is 8.71. The summed E-state index contributed by atoms with van der Waals surface area (Å²) < 4.78 is 26.2. The molecule has 126 valence electrons. The van der Waals surface area contributed by atoms with Gasteiger partial charge in [0.15, 0.2) is 0 Å². The largest absolute Gasteiger partial charge is 0.350 e. The third-order valence-electron chi connectivity index (χ3n) is 3.71. The standard InChI is InChI=1S/C14H18N4O3S.ClH/c19-13(17-10-4-3-7-15-8-10)9-16-14-11-5-1-2-6-12(11)22(20,21)18-14;/h1-2,5-6,10,15H,3-4,7-9H2,(H,16,18)(H,17,19);1H. The Kier molecular flexibility index (Phi) is 5.61. The van der Waals surface area contributed by atoms with Gasteiger partial charge in [0, 0.05) is 18.2 Å². The van der Waals surface area contributed by atoms with Crippen molar-refractivity contribution in [2.45, 2.75) is 23.8 Å². The fourth-order valence-corrected chi connectivity index (χ4v) is 3.90. The summed E-state index contributed by atoms with van der Waals surface area (Å²) in [7, 11) is -3.55. The van der Waals surface area contributed by atoms with Crippen LogP contribution in [0.3, 0.4) is 0 Å². The molecule has 0 saturated carbocycles. The summed E-state index contributed by atoms with van der Waals surface area (Å²) in [4.78, 5) is 16.2. The van der Waals surface area contributed by atoms with Crippen LogP contribution in [0, 0.1) is 0 Å². The predicted molar refractivity (Wildman–Crippen MR) is 89.4 cm³/mol. The van der Waals surface area contributed by atoms with Crippen LogP contribution in [-0.2, 0) is 14.8 Å². The first-order chi connectivity index (χ1) is 10.6. The number of carbonyl (C=O) groups excluding carboxylic acids is 1. The number of carbonyl (C=O) groups is 1. The van der Waals surface area contributed by atoms with Crippen LogP contribution >= 0.6 is 12.4 Å². The van der Waals surface area contributed by atoms with Crippen molar-refractivity contribution < 1.29 is 13.2 Å². The van der Waals surface area contributed by atoms with Crippen molar-refractivity contribution in [2.75, 3.05) is 19.6 Å². The Balaban J connectivity index is 0.00000192. The number of rotatable bonds is 3. The van der Waals surface area contributed by atoms with Gasteiger partial charge in [0.05, 0.1) is 4.90 Å². The molecule has 1 aromatic rings. The number of hydrogen-bond donors (Lipinski definition) is 3. The molecule has 1 atom stereocenters. The van der Waals surface area contributed by atoms with Gasteiger partial charge in [0.2, 0.25) is 5.91 Å². The molecule has 3 rings (SSSR count). The Hall–Kier alpha value is -1.64. The normalized spacial score (nSPS) is 23.5. The van der Waals surface area contributed by atoms with Gasteiger partial charge in [-0.25, -0.2) is 8.42 Å². The van der Waals surface area contributed by atoms with Crippen molar-refractivity contribution in [3.05, 3.63) is 29.8 Å². The molecule has 0 radical (unpaired) electrons. The van der Waals surface area contributed by atoms with Crippen LogP contribution in [0.1, 0.15) is 18.4 Å². The first kappa shape index (κ1) is 17.7. The Morgan fingerprint density at radius 2 is 2.13 bits per heavy atom. The summed E-state index contributed by atoms with van der Waals surface area (Å²) in [5, 5.41) is 6.12. The van der Waals surface area contributed by atoms with Crippen LogP contribution in [0.4, 0.5) is 0 Å². The minimum absolute atomic E-state index is 0. The SMILES string of the molecule is Cl.O=C(CN=C1NS(=O)(=O)c2ccccc21)NC1CCCNC1. The smallest absolute Gasteiger partial charge is 0.263 e. The van der Waals surface area contributed by atoms with E-state index in [1.54, 1.807) is 18.2 Å². The highest BCUT2D eigenvalue weighted by Crippen LogP contribution is 2.21. The van der Waals surface area contributed by atoms with Crippen LogP contribution in [-0.4, -0.2) is 45.8 Å². The summed E-state index contributed by atoms with van der Waals surface area (Å²) in [6.45, 7) is 1.65. The third-order valence-corrected chi connectivity index (χ3v) is 5.10. The maximum absolute atomic E-state index is 11.9. The number of fused-ring (bicyclic) bond motifs is 1. The maximum Gasteiger partial charge on any atom is 0.263 e. The number of amides is 1. The molecule has 3 N–H and O–H groups in total. The van der Waals surface area contributed by atoms with E-state index >= 15 is 0 Å². The van der Waals surface area contributed by atoms with E-state index in [1.165, 1.54) is 6.07 Å². The number of amidine groups is 1. The Morgan fingerprint density at radius 1 is 1.35 bits per heavy atom. The molecular formula is C14H19ClN4O3S. The van der Waals surface area contributed by atoms with Crippen molar-refractivity contribution in [1.29, 1.82) is 0 Å². The molecule has 23 heavy (non-hydrogen) atoms. The number of sulfonamides is 1. The quantitative estimate of drug-likeness (QED) is 0.709. The van der Waals surface area contributed by atoms with Gasteiger partial charge in [-0.05, 0) is 31.5 Å². The van der Waals surface area contributed by atoms with Crippen LogP contribution in [0.15, 0.2) is 34.2 Å². The molecule has 1 unspecified atom stereocenters. The maximum atomic E-state index is 11.9. The van der Waals surface area contributed by atoms with Gasteiger partial charge in [-0.1, -0.05) is 12.1 Å². The molecule has 0 bridgehead atoms. The number of nitrogens with one attached hydrogen (secondary N) is 3. The molecule has 2 heterocycles. The molecule has 1 aromatic carbocycles. The molecule has 7 nitrogen and oxygen atoms in total. The van der Waals surface area contributed by atoms with Crippen molar-refractivity contribution in [3.8, 4) is 0 Å². The van der Waals surface area contributed by atoms with Crippen LogP contribution < -0.4 is 15.4 Å². The summed E-state index contributed by atoms with van der Waals surface area (Å²) in [5.74, 6) is 0.0253. The van der Waals surface area contributed by atoms with Gasteiger partial charge < -0.3 is 10.6 Å². The lowest BCUT2D eigenvalue weighted by molar-refractivity contribution is -0.120. The molecule has 9 heteroatoms. The fraction of sp³-hybridized carbons (Fsp3) is 0.429. The topological polar surface area (TPSA) is 99.7 Å². The van der Waals surface area contributed by atoms with Crippen LogP contribution in [0.5, 0.6) is 0 Å². The van der Waals surface area contributed by atoms with Crippen molar-refractivity contribution in [1.82, 2.24) is 15.4 Å². The van der Waals surface area contributed by atoms with Gasteiger partial charge in [0.25, 0.3) is 10.0 Å². The number of halogens is 1. The highest BCUT2D eigenvalue weighted by molar-refractivity contribution is 7.90. The monoisotopic (exact) mass is 358 g/mol. The number of hydrogen-bond acceptors (Lipinski definition) is 5. The van der Waals surface area contributed by atoms with E-state index in [1.807, 2.05) is 0 Å². The van der Waals surface area contributed by atoms with E-state index in [0.29, 0.717) is 5.56 Å². The van der Waals surface area contributed by atoms with Crippen LogP contribution in [0.25, 0.3) is 0 Å². The van der Waals surface area contributed by atoms with Gasteiger partial charge in [-0.15, -0.1) is 12.4 Å². The summed E-state index contributed by atoms with van der Waals surface area (Å²) in [5.41, 5.74) is 0.509. The molecule has 0 aliphatic carbocycles. The highest BCUT2D eigenvalue weighted by atomic mass is 35.5. The number of piperidine rings is 1. The first-order valence-electron chi connectivity index (χ1n) is 7.23. The average molecular weight is 359 g/mol. The van der Waals surface area contributed by atoms with Crippen molar-refractivity contribution in [3.63, 3.8) is 0 Å². The van der Waals surface area contributed by atoms with Crippen molar-refractivity contribution in [2.24, 2.45) is 4.99 Å². The predicted octanol–water partition coefficient (Wildman–Crippen LogP) is 0.0151. The van der Waals surface area contributed by atoms with Gasteiger partial charge >= 0.3 is 0 Å². The molecular weight excluding hydrogens is 340 g/mol. The average Bonchev–Trinajstić information content (AvgIpc) is 2.78. The van der Waals surface area contributed by atoms with E-state index < -0.39 is 10.0 Å². The lowest BCUT2D eigenvalue weighted by Gasteiger charge is -2.23. The number of benzene rings is 1. The zero-order chi connectivity index (χ0) is 15.6. The Labute approximate surface area is 141 Å². The zero-order valence-corrected chi connectivity index (χ0v) is 14.0. The van der Waals surface area contributed by atoms with Gasteiger partial charge in [-0.2, -0.15) is 0 Å². The highest BCUT2D eigenvalue weighted by Gasteiger charge is 2.30. The minimum Gasteiger partial charge on any atom is -0.350 e. The summed E-state index contributed by atoms with van der Waals surface area (Å²) in [6, 6.07) is 6.71. The molecule has 0 spiro atoms. The lowest BCUT2D eigenvalue weighted by atomic mass is 10.1. The molecule has 2 aliphatic heterocycles. The molecule has 0 aromatic heterocycles. The lowest BCUT2D eigenvalue weighted by Crippen LogP contribution is -2.46. The second-order valence-corrected chi connectivity index (χ2v) is 7.03. The molecule has 2 aliphatic rings. The van der Waals surface area contributed by atoms with Gasteiger partial charge in [-0.3, -0.25) is 14.5 Å². The molecule has 1 saturated heterocycles. The van der Waals surface area contributed by atoms with E-state index in [2.05, 4.69) is 20.3 Å². The summed E-state index contributed by atoms with van der Waals surface area (Å²) in [6.07, 6.45) is 1.98.